The number of fused-ring (bicyclic) bond motifs is 10. The maximum absolute atomic E-state index is 14.0. The minimum Gasteiger partial charge on any atom is -0.496 e. The van der Waals surface area contributed by atoms with E-state index in [1.165, 1.54) is 26.2 Å². The molecule has 7 rings (SSSR count). The van der Waals surface area contributed by atoms with E-state index in [1.807, 2.05) is 26.2 Å². The monoisotopic (exact) mass is 882 g/mol. The number of anilines is 1. The van der Waals surface area contributed by atoms with E-state index >= 15 is 0 Å². The smallest absolute Gasteiger partial charge is 0.496 e. The summed E-state index contributed by atoms with van der Waals surface area (Å²) in [6.45, 7) is 8.83. The molecule has 62 heavy (non-hydrogen) atoms. The lowest BCUT2D eigenvalue weighted by Crippen LogP contribution is -2.77. The van der Waals surface area contributed by atoms with Crippen molar-refractivity contribution in [2.24, 2.45) is 0 Å². The molecule has 17 heteroatoms. The Morgan fingerprint density at radius 2 is 1.76 bits per heavy atom. The lowest BCUT2D eigenvalue weighted by Gasteiger charge is -2.55. The Kier molecular flexibility index (Phi) is 13.0. The van der Waals surface area contributed by atoms with Crippen molar-refractivity contribution in [2.45, 2.75) is 115 Å². The molecular weight excluding hydrogens is 825 g/mol. The van der Waals surface area contributed by atoms with Crippen LogP contribution in [0.3, 0.4) is 0 Å². The zero-order valence-corrected chi connectivity index (χ0v) is 37.9. The Balaban J connectivity index is 1.41. The van der Waals surface area contributed by atoms with Gasteiger partial charge in [0.2, 0.25) is 6.29 Å². The zero-order valence-electron chi connectivity index (χ0n) is 37.1. The summed E-state index contributed by atoms with van der Waals surface area (Å²) in [4.78, 5) is 43.0. The van der Waals surface area contributed by atoms with E-state index in [2.05, 4.69) is 0 Å². The van der Waals surface area contributed by atoms with Gasteiger partial charge in [0.25, 0.3) is 11.6 Å². The molecule has 2 N–H and O–H groups in total. The third-order valence-electron chi connectivity index (χ3n) is 12.1. The Hall–Kier alpha value is -4.36. The second-order valence-electron chi connectivity index (χ2n) is 16.9. The van der Waals surface area contributed by atoms with Gasteiger partial charge in [-0.2, -0.15) is 11.8 Å². The van der Waals surface area contributed by atoms with Crippen molar-refractivity contribution < 1.29 is 66.5 Å². The molecule has 2 saturated heterocycles. The van der Waals surface area contributed by atoms with Gasteiger partial charge >= 0.3 is 12.2 Å². The highest BCUT2D eigenvalue weighted by Crippen LogP contribution is 2.64. The van der Waals surface area contributed by atoms with Gasteiger partial charge in [0.05, 0.1) is 24.2 Å². The van der Waals surface area contributed by atoms with Crippen LogP contribution in [0.1, 0.15) is 79.6 Å². The quantitative estimate of drug-likeness (QED) is 0.0749. The topological polar surface area (TPSA) is 182 Å². The molecule has 3 aliphatic heterocycles. The summed E-state index contributed by atoms with van der Waals surface area (Å²) in [6, 6.07) is 9.02. The maximum atomic E-state index is 14.0. The number of rotatable bonds is 14. The Morgan fingerprint density at radius 3 is 2.40 bits per heavy atom. The van der Waals surface area contributed by atoms with Crippen LogP contribution in [-0.4, -0.2) is 118 Å². The highest BCUT2D eigenvalue weighted by atomic mass is 32.2. The molecule has 3 heterocycles. The summed E-state index contributed by atoms with van der Waals surface area (Å²) in [6.07, 6.45) is -0.750. The molecular formula is C45H58N2O14S. The minimum atomic E-state index is -1.87. The van der Waals surface area contributed by atoms with Gasteiger partial charge in [-0.1, -0.05) is 12.1 Å². The maximum Gasteiger partial charge on any atom is 0.514 e. The van der Waals surface area contributed by atoms with Crippen LogP contribution in [-0.2, 0) is 57.3 Å². The van der Waals surface area contributed by atoms with Gasteiger partial charge in [-0.05, 0) is 101 Å². The van der Waals surface area contributed by atoms with Crippen molar-refractivity contribution in [2.75, 3.05) is 59.5 Å². The number of amides is 1. The number of hydrogen-bond donors (Lipinski definition) is 1. The summed E-state index contributed by atoms with van der Waals surface area (Å²) in [5, 5.41) is 0.861. The highest BCUT2D eigenvalue weighted by Gasteiger charge is 2.86. The first-order valence-electron chi connectivity index (χ1n) is 20.7. The summed E-state index contributed by atoms with van der Waals surface area (Å²) < 4.78 is 70.4. The largest absolute Gasteiger partial charge is 0.514 e. The van der Waals surface area contributed by atoms with E-state index < -0.39 is 53.5 Å². The van der Waals surface area contributed by atoms with Crippen LogP contribution in [0.2, 0.25) is 0 Å². The first kappa shape index (κ1) is 45.7. The molecule has 0 radical (unpaired) electrons. The number of ketones is 1. The Labute approximate surface area is 366 Å². The molecule has 338 valence electrons. The number of benzene rings is 3. The van der Waals surface area contributed by atoms with Crippen molar-refractivity contribution in [1.29, 1.82) is 0 Å². The Morgan fingerprint density at radius 1 is 1.03 bits per heavy atom. The van der Waals surface area contributed by atoms with Crippen molar-refractivity contribution in [3.8, 4) is 17.2 Å². The molecule has 3 aromatic carbocycles. The van der Waals surface area contributed by atoms with E-state index in [0.717, 1.165) is 11.1 Å². The average molecular weight is 883 g/mol. The molecule has 0 saturated carbocycles. The number of methoxy groups -OCH3 is 4. The molecule has 3 aromatic rings. The van der Waals surface area contributed by atoms with Crippen LogP contribution < -0.4 is 19.9 Å². The van der Waals surface area contributed by atoms with E-state index in [9.17, 15) is 14.4 Å². The van der Waals surface area contributed by atoms with Gasteiger partial charge in [0, 0.05) is 56.7 Å². The zero-order chi connectivity index (χ0) is 44.8. The number of carbonyl (C=O) groups is 3. The molecule has 4 aliphatic rings. The molecule has 16 nitrogen and oxygen atoms in total. The van der Waals surface area contributed by atoms with Crippen molar-refractivity contribution >= 4 is 46.3 Å². The third kappa shape index (κ3) is 7.62. The van der Waals surface area contributed by atoms with Gasteiger partial charge in [-0.15, -0.1) is 0 Å². The number of nitrogen functional groups attached to an aromatic ring is 1. The van der Waals surface area contributed by atoms with Crippen molar-refractivity contribution in [1.82, 2.24) is 4.90 Å². The molecule has 0 spiro atoms. The van der Waals surface area contributed by atoms with E-state index in [-0.39, 0.29) is 55.6 Å². The highest BCUT2D eigenvalue weighted by molar-refractivity contribution is 7.98. The number of thioether (sulfide) groups is 1. The van der Waals surface area contributed by atoms with Gasteiger partial charge in [0.15, 0.2) is 23.2 Å². The van der Waals surface area contributed by atoms with Gasteiger partial charge in [0.1, 0.15) is 30.4 Å². The fourth-order valence-corrected chi connectivity index (χ4v) is 9.72. The molecule has 1 aliphatic carbocycles. The fraction of sp³-hybridized carbons (Fsp3) is 0.578. The van der Waals surface area contributed by atoms with Gasteiger partial charge < -0.3 is 57.8 Å². The number of nitrogens with zero attached hydrogens (tertiary/aromatic N) is 1. The lowest BCUT2D eigenvalue weighted by molar-refractivity contribution is -0.405. The second-order valence-corrected chi connectivity index (χ2v) is 17.9. The molecule has 0 aromatic heterocycles. The third-order valence-corrected chi connectivity index (χ3v) is 12.7. The summed E-state index contributed by atoms with van der Waals surface area (Å²) in [5.41, 5.74) is 6.93. The van der Waals surface area contributed by atoms with Crippen LogP contribution in [0.5, 0.6) is 17.2 Å². The fourth-order valence-electron chi connectivity index (χ4n) is 9.32. The molecule has 1 amide bonds. The Bertz CT molecular complexity index is 2190. The summed E-state index contributed by atoms with van der Waals surface area (Å²) >= 11 is 1.55. The van der Waals surface area contributed by atoms with Crippen molar-refractivity contribution in [3.05, 3.63) is 58.1 Å². The predicted octanol–water partition coefficient (Wildman–Crippen LogP) is 7.09. The van der Waals surface area contributed by atoms with E-state index in [1.54, 1.807) is 63.9 Å². The average Bonchev–Trinajstić information content (AvgIpc) is 3.69. The number of ether oxygens (including phenoxy) is 11. The van der Waals surface area contributed by atoms with Crippen LogP contribution in [0, 0.1) is 6.92 Å². The first-order chi connectivity index (χ1) is 29.5. The molecule has 5 atom stereocenters. The summed E-state index contributed by atoms with van der Waals surface area (Å²) in [5.74, 6) is -2.67. The minimum absolute atomic E-state index is 0.000673. The van der Waals surface area contributed by atoms with Crippen molar-refractivity contribution in [3.63, 3.8) is 0 Å². The van der Waals surface area contributed by atoms with E-state index in [4.69, 9.17) is 57.8 Å². The van der Waals surface area contributed by atoms with Gasteiger partial charge in [-0.25, -0.2) is 9.59 Å². The normalized spacial score (nSPS) is 25.1. The number of carbonyl (C=O) groups excluding carboxylic acids is 3. The standard InChI is InChI=1S/C45H58N2O14S/c1-25-28-18-19-43(56-24-47(20-21-62-10)40(49)55-23-27-14-16-29(46)17-15-27)44(54-9,38-26(2)58-45(43,60-38)39(52-7)53-8)59-35(25)34-31(22-28)36(51-6)30-12-11-13-32(48)33(30)37(34)57-41(50)61-42(3,4)5/h14-17,22,26,38-39H,11-13,18-21,23-24,46H2,1-10H3. The van der Waals surface area contributed by atoms with Gasteiger partial charge in [-0.3, -0.25) is 9.69 Å². The van der Waals surface area contributed by atoms with Crippen LogP contribution in [0.4, 0.5) is 15.3 Å². The SMILES string of the molecule is COc1c2c(c(OC(=O)OC(C)(C)C)c3c4c(C)c(cc13)CCC1(OCN(CCSC)C(=O)OCc3ccc(N)cc3)C3(C(OC)OC)OC(C)C(O3)C1(OC)O4)C(=O)CCC2. The van der Waals surface area contributed by atoms with E-state index in [0.29, 0.717) is 58.4 Å². The number of Topliss-reactive ketones (excluding diaryl/α,β-unsaturated/α-hetero) is 1. The molecule has 2 fully saturated rings. The number of hydrogen-bond acceptors (Lipinski definition) is 16. The lowest BCUT2D eigenvalue weighted by atomic mass is 9.74. The van der Waals surface area contributed by atoms with Crippen LogP contribution in [0.25, 0.3) is 10.8 Å². The van der Waals surface area contributed by atoms with Crippen LogP contribution >= 0.6 is 11.8 Å². The first-order valence-corrected chi connectivity index (χ1v) is 22.1. The molecule has 5 unspecified atom stereocenters. The second kappa shape index (κ2) is 17.7. The number of aryl methyl sites for hydroxylation is 1. The van der Waals surface area contributed by atoms with Crippen LogP contribution in [0.15, 0.2) is 30.3 Å². The summed E-state index contributed by atoms with van der Waals surface area (Å²) in [7, 11) is 5.96. The number of nitrogens with two attached hydrogens (primary N) is 1. The predicted molar refractivity (Wildman–Crippen MR) is 229 cm³/mol. The molecule has 4 bridgehead atoms.